The van der Waals surface area contributed by atoms with Crippen LogP contribution in [-0.2, 0) is 19.9 Å². The van der Waals surface area contributed by atoms with Crippen molar-refractivity contribution in [2.45, 2.75) is 12.0 Å². The van der Waals surface area contributed by atoms with E-state index in [-0.39, 0.29) is 12.6 Å². The van der Waals surface area contributed by atoms with Crippen molar-refractivity contribution in [1.29, 1.82) is 0 Å². The summed E-state index contributed by atoms with van der Waals surface area (Å²) in [4.78, 5) is 11.2. The molecule has 0 spiro atoms. The van der Waals surface area contributed by atoms with Crippen molar-refractivity contribution in [3.63, 3.8) is 0 Å². The van der Waals surface area contributed by atoms with Gasteiger partial charge in [0, 0.05) is 11.0 Å². The second kappa shape index (κ2) is 5.82. The van der Waals surface area contributed by atoms with E-state index < -0.39 is 5.60 Å². The summed E-state index contributed by atoms with van der Waals surface area (Å²) in [5, 5.41) is 3.28. The first-order chi connectivity index (χ1) is 8.66. The van der Waals surface area contributed by atoms with Crippen molar-refractivity contribution in [1.82, 2.24) is 5.32 Å². The molecule has 18 heavy (non-hydrogen) atoms. The second-order valence-electron chi connectivity index (χ2n) is 4.30. The largest absolute Gasteiger partial charge is 0.467 e. The number of benzene rings is 1. The van der Waals surface area contributed by atoms with Gasteiger partial charge in [0.25, 0.3) is 0 Å². The highest BCUT2D eigenvalue weighted by Gasteiger charge is 2.37. The number of rotatable bonds is 4. The molecule has 0 saturated carbocycles. The van der Waals surface area contributed by atoms with Gasteiger partial charge in [-0.2, -0.15) is 0 Å². The summed E-state index contributed by atoms with van der Waals surface area (Å²) >= 11 is 3.46. The van der Waals surface area contributed by atoms with Crippen LogP contribution < -0.4 is 5.32 Å². The van der Waals surface area contributed by atoms with Crippen LogP contribution in [0.5, 0.6) is 0 Å². The number of ether oxygens (including phenoxy) is 2. The Kier molecular flexibility index (Phi) is 4.37. The van der Waals surface area contributed by atoms with E-state index in [0.29, 0.717) is 6.54 Å². The Morgan fingerprint density at radius 3 is 3.00 bits per heavy atom. The Balaban J connectivity index is 2.18. The van der Waals surface area contributed by atoms with Gasteiger partial charge < -0.3 is 14.8 Å². The number of carbonyl (C=O) groups is 1. The van der Waals surface area contributed by atoms with Gasteiger partial charge in [0.2, 0.25) is 0 Å². The van der Waals surface area contributed by atoms with Gasteiger partial charge in [0.05, 0.1) is 7.11 Å². The lowest BCUT2D eigenvalue weighted by atomic mass is 9.93. The van der Waals surface area contributed by atoms with Crippen molar-refractivity contribution in [2.75, 3.05) is 26.8 Å². The predicted molar refractivity (Wildman–Crippen MR) is 71.3 cm³/mol. The van der Waals surface area contributed by atoms with E-state index in [1.165, 1.54) is 7.11 Å². The molecule has 4 nitrogen and oxygen atoms in total. The van der Waals surface area contributed by atoms with E-state index in [9.17, 15) is 4.79 Å². The highest BCUT2D eigenvalue weighted by Crippen LogP contribution is 2.33. The van der Waals surface area contributed by atoms with Crippen LogP contribution in [0.2, 0.25) is 0 Å². The molecular weight excluding hydrogens is 298 g/mol. The summed E-state index contributed by atoms with van der Waals surface area (Å²) in [6.07, 6.45) is 0.848. The van der Waals surface area contributed by atoms with Crippen LogP contribution in [0.1, 0.15) is 12.0 Å². The third-order valence-electron chi connectivity index (χ3n) is 3.16. The number of hydrogen-bond acceptors (Lipinski definition) is 4. The zero-order valence-electron chi connectivity index (χ0n) is 10.2. The smallest absolute Gasteiger partial charge is 0.331 e. The van der Waals surface area contributed by atoms with Crippen molar-refractivity contribution < 1.29 is 14.3 Å². The minimum Gasteiger partial charge on any atom is -0.467 e. The highest BCUT2D eigenvalue weighted by atomic mass is 79.9. The van der Waals surface area contributed by atoms with Crippen LogP contribution in [0.25, 0.3) is 0 Å². The Labute approximate surface area is 115 Å². The molecule has 1 fully saturated rings. The SMILES string of the molecule is COC(=O)COC1(c2cccc(Br)c2)CCNC1. The van der Waals surface area contributed by atoms with Crippen LogP contribution in [0, 0.1) is 0 Å². The van der Waals surface area contributed by atoms with Gasteiger partial charge in [-0.05, 0) is 30.7 Å². The third-order valence-corrected chi connectivity index (χ3v) is 3.65. The highest BCUT2D eigenvalue weighted by molar-refractivity contribution is 9.10. The quantitative estimate of drug-likeness (QED) is 0.862. The second-order valence-corrected chi connectivity index (χ2v) is 5.21. The summed E-state index contributed by atoms with van der Waals surface area (Å²) in [6.45, 7) is 1.57. The van der Waals surface area contributed by atoms with E-state index in [2.05, 4.69) is 26.0 Å². The Bertz CT molecular complexity index is 430. The molecule has 1 N–H and O–H groups in total. The molecule has 1 aliphatic rings. The molecule has 1 unspecified atom stereocenters. The number of halogens is 1. The monoisotopic (exact) mass is 313 g/mol. The molecule has 0 bridgehead atoms. The van der Waals surface area contributed by atoms with Crippen molar-refractivity contribution in [3.05, 3.63) is 34.3 Å². The van der Waals surface area contributed by atoms with Gasteiger partial charge >= 0.3 is 5.97 Å². The van der Waals surface area contributed by atoms with Gasteiger partial charge in [-0.15, -0.1) is 0 Å². The lowest BCUT2D eigenvalue weighted by Gasteiger charge is -2.29. The van der Waals surface area contributed by atoms with Gasteiger partial charge in [0.1, 0.15) is 12.2 Å². The van der Waals surface area contributed by atoms with E-state index in [4.69, 9.17) is 4.74 Å². The van der Waals surface area contributed by atoms with Gasteiger partial charge in [0.15, 0.2) is 0 Å². The summed E-state index contributed by atoms with van der Waals surface area (Å²) in [5.41, 5.74) is 0.642. The molecule has 0 aliphatic carbocycles. The molecule has 0 amide bonds. The number of methoxy groups -OCH3 is 1. The summed E-state index contributed by atoms with van der Waals surface area (Å²) in [6, 6.07) is 8.00. The summed E-state index contributed by atoms with van der Waals surface area (Å²) in [7, 11) is 1.37. The molecule has 0 aromatic heterocycles. The number of carbonyl (C=O) groups excluding carboxylic acids is 1. The van der Waals surface area contributed by atoms with E-state index >= 15 is 0 Å². The molecule has 98 valence electrons. The molecule has 1 aromatic rings. The van der Waals surface area contributed by atoms with Gasteiger partial charge in [-0.1, -0.05) is 28.1 Å². The number of nitrogens with one attached hydrogen (secondary N) is 1. The average molecular weight is 314 g/mol. The lowest BCUT2D eigenvalue weighted by Crippen LogP contribution is -2.34. The molecule has 1 heterocycles. The van der Waals surface area contributed by atoms with Crippen LogP contribution in [0.4, 0.5) is 0 Å². The van der Waals surface area contributed by atoms with Crippen LogP contribution in [-0.4, -0.2) is 32.8 Å². The summed E-state index contributed by atoms with van der Waals surface area (Å²) in [5.74, 6) is -0.351. The molecular formula is C13H16BrNO3. The number of esters is 1. The standard InChI is InChI=1S/C13H16BrNO3/c1-17-12(16)8-18-13(5-6-15-9-13)10-3-2-4-11(14)7-10/h2-4,7,15H,5-6,8-9H2,1H3. The third kappa shape index (κ3) is 2.91. The van der Waals surface area contributed by atoms with Crippen molar-refractivity contribution >= 4 is 21.9 Å². The molecule has 5 heteroatoms. The Hall–Kier alpha value is -0.910. The zero-order chi connectivity index (χ0) is 13.0. The Morgan fingerprint density at radius 2 is 2.39 bits per heavy atom. The molecule has 1 aliphatic heterocycles. The normalized spacial score (nSPS) is 23.0. The van der Waals surface area contributed by atoms with E-state index in [1.54, 1.807) is 0 Å². The fourth-order valence-electron chi connectivity index (χ4n) is 2.15. The molecule has 0 radical (unpaired) electrons. The van der Waals surface area contributed by atoms with Gasteiger partial charge in [-0.25, -0.2) is 4.79 Å². The fraction of sp³-hybridized carbons (Fsp3) is 0.462. The van der Waals surface area contributed by atoms with Crippen LogP contribution >= 0.6 is 15.9 Å². The maximum atomic E-state index is 11.2. The first kappa shape index (κ1) is 13.5. The first-order valence-corrected chi connectivity index (χ1v) is 6.63. The minimum absolute atomic E-state index is 0.0231. The predicted octanol–water partition coefficient (Wildman–Crippen LogP) is 1.83. The Morgan fingerprint density at radius 1 is 1.56 bits per heavy atom. The lowest BCUT2D eigenvalue weighted by molar-refractivity contribution is -0.153. The molecule has 2 rings (SSSR count). The van der Waals surface area contributed by atoms with E-state index in [1.807, 2.05) is 24.3 Å². The molecule has 1 aromatic carbocycles. The molecule has 1 atom stereocenters. The minimum atomic E-state index is -0.433. The number of hydrogen-bond donors (Lipinski definition) is 1. The van der Waals surface area contributed by atoms with Crippen molar-refractivity contribution in [2.24, 2.45) is 0 Å². The maximum absolute atomic E-state index is 11.2. The van der Waals surface area contributed by atoms with E-state index in [0.717, 1.165) is 23.0 Å². The van der Waals surface area contributed by atoms with Gasteiger partial charge in [-0.3, -0.25) is 0 Å². The zero-order valence-corrected chi connectivity index (χ0v) is 11.8. The maximum Gasteiger partial charge on any atom is 0.331 e. The summed E-state index contributed by atoms with van der Waals surface area (Å²) < 4.78 is 11.5. The topological polar surface area (TPSA) is 47.6 Å². The average Bonchev–Trinajstić information content (AvgIpc) is 2.86. The fourth-order valence-corrected chi connectivity index (χ4v) is 2.55. The van der Waals surface area contributed by atoms with Crippen LogP contribution in [0.15, 0.2) is 28.7 Å². The van der Waals surface area contributed by atoms with Crippen LogP contribution in [0.3, 0.4) is 0 Å². The molecule has 1 saturated heterocycles. The first-order valence-electron chi connectivity index (χ1n) is 5.84. The van der Waals surface area contributed by atoms with Crippen molar-refractivity contribution in [3.8, 4) is 0 Å².